The Morgan fingerprint density at radius 1 is 1.00 bits per heavy atom. The molecule has 1 heterocycles. The number of anilines is 1. The molecule has 0 aliphatic heterocycles. The summed E-state index contributed by atoms with van der Waals surface area (Å²) >= 11 is 0. The number of benzene rings is 2. The van der Waals surface area contributed by atoms with E-state index in [1.807, 2.05) is 0 Å². The molecule has 2 aromatic carbocycles. The van der Waals surface area contributed by atoms with Crippen molar-refractivity contribution in [1.82, 2.24) is 10.2 Å². The van der Waals surface area contributed by atoms with Crippen LogP contribution in [0.1, 0.15) is 21.6 Å². The average Bonchev–Trinajstić information content (AvgIpc) is 2.73. The van der Waals surface area contributed by atoms with E-state index in [9.17, 15) is 43.9 Å². The predicted molar refractivity (Wildman–Crippen MR) is 112 cm³/mol. The van der Waals surface area contributed by atoms with E-state index in [0.717, 1.165) is 19.2 Å². The van der Waals surface area contributed by atoms with Crippen LogP contribution in [0.25, 0.3) is 0 Å². The van der Waals surface area contributed by atoms with E-state index < -0.39 is 68.3 Å². The Kier molecular flexibility index (Phi) is 7.35. The number of ether oxygens (including phenoxy) is 2. The summed E-state index contributed by atoms with van der Waals surface area (Å²) in [6.07, 6.45) is -9.28. The zero-order valence-electron chi connectivity index (χ0n) is 18.5. The zero-order chi connectivity index (χ0) is 27.8. The van der Waals surface area contributed by atoms with Crippen molar-refractivity contribution >= 4 is 21.4 Å². The molecule has 0 saturated heterocycles. The van der Waals surface area contributed by atoms with Gasteiger partial charge in [-0.1, -0.05) is 6.07 Å². The summed E-state index contributed by atoms with van der Waals surface area (Å²) in [6.45, 7) is 0.864. The van der Waals surface area contributed by atoms with Crippen molar-refractivity contribution in [2.45, 2.75) is 24.4 Å². The van der Waals surface area contributed by atoms with Crippen molar-refractivity contribution in [3.63, 3.8) is 0 Å². The Morgan fingerprint density at radius 2 is 1.68 bits per heavy atom. The van der Waals surface area contributed by atoms with Crippen LogP contribution in [-0.4, -0.2) is 37.1 Å². The number of carbonyl (C=O) groups excluding carboxylic acids is 1. The zero-order valence-corrected chi connectivity index (χ0v) is 19.3. The van der Waals surface area contributed by atoms with Gasteiger partial charge < -0.3 is 14.8 Å². The largest absolute Gasteiger partial charge is 0.573 e. The van der Waals surface area contributed by atoms with Crippen LogP contribution >= 0.6 is 0 Å². The highest BCUT2D eigenvalue weighted by Gasteiger charge is 2.38. The molecule has 0 atom stereocenters. The highest BCUT2D eigenvalue weighted by Crippen LogP contribution is 2.36. The van der Waals surface area contributed by atoms with Gasteiger partial charge in [-0.15, -0.1) is 23.4 Å². The van der Waals surface area contributed by atoms with Crippen molar-refractivity contribution < 1.29 is 53.4 Å². The molecule has 8 nitrogen and oxygen atoms in total. The summed E-state index contributed by atoms with van der Waals surface area (Å²) in [5.74, 6) is -5.35. The summed E-state index contributed by atoms with van der Waals surface area (Å²) in [6, 6.07) is 6.40. The fourth-order valence-corrected chi connectivity index (χ4v) is 3.64. The SMILES string of the molecule is Cc1c(C(F)(F)F)nnc(Oc2ccc(OC(F)(F)F)cc2F)c1C(=O)Nc1cccc(S(C)(=O)=O)c1. The second-order valence-electron chi connectivity index (χ2n) is 7.35. The van der Waals surface area contributed by atoms with Gasteiger partial charge >= 0.3 is 12.5 Å². The maximum Gasteiger partial charge on any atom is 0.573 e. The molecule has 0 radical (unpaired) electrons. The number of rotatable bonds is 6. The molecule has 0 bridgehead atoms. The smallest absolute Gasteiger partial charge is 0.434 e. The third-order valence-corrected chi connectivity index (χ3v) is 5.65. The van der Waals surface area contributed by atoms with E-state index in [1.54, 1.807) is 0 Å². The molecule has 16 heteroatoms. The first kappa shape index (κ1) is 27.6. The number of carbonyl (C=O) groups is 1. The number of alkyl halides is 6. The fraction of sp³-hybridized carbons (Fsp3) is 0.190. The standard InChI is InChI=1S/C21H14F7N3O5S/c1-10-16(18(32)29-11-4-3-5-13(8-11)37(2,33)34)19(31-30-17(10)20(23,24)25)35-15-7-6-12(9-14(15)22)36-21(26,27)28/h3-9H,1-2H3,(H,29,32). The summed E-state index contributed by atoms with van der Waals surface area (Å²) in [7, 11) is -3.70. The van der Waals surface area contributed by atoms with Crippen molar-refractivity contribution in [2.24, 2.45) is 0 Å². The van der Waals surface area contributed by atoms with Gasteiger partial charge in [0.05, 0.1) is 4.90 Å². The molecule has 0 spiro atoms. The van der Waals surface area contributed by atoms with E-state index in [2.05, 4.69) is 20.3 Å². The van der Waals surface area contributed by atoms with Crippen LogP contribution in [0.2, 0.25) is 0 Å². The first-order valence-corrected chi connectivity index (χ1v) is 11.6. The van der Waals surface area contributed by atoms with Gasteiger partial charge in [0, 0.05) is 18.0 Å². The van der Waals surface area contributed by atoms with Crippen LogP contribution in [0, 0.1) is 12.7 Å². The summed E-state index contributed by atoms with van der Waals surface area (Å²) < 4.78 is 124. The monoisotopic (exact) mass is 553 g/mol. The summed E-state index contributed by atoms with van der Waals surface area (Å²) in [5, 5.41) is 8.41. The lowest BCUT2D eigenvalue weighted by molar-refractivity contribution is -0.274. The van der Waals surface area contributed by atoms with Gasteiger partial charge in [-0.3, -0.25) is 4.79 Å². The van der Waals surface area contributed by atoms with Crippen LogP contribution in [0.5, 0.6) is 17.4 Å². The number of amides is 1. The molecule has 0 unspecified atom stereocenters. The average molecular weight is 553 g/mol. The van der Waals surface area contributed by atoms with Crippen LogP contribution in [0.4, 0.5) is 36.4 Å². The molecule has 0 fully saturated rings. The molecule has 0 aliphatic carbocycles. The number of hydrogen-bond acceptors (Lipinski definition) is 7. The van der Waals surface area contributed by atoms with E-state index in [-0.39, 0.29) is 10.6 Å². The lowest BCUT2D eigenvalue weighted by Gasteiger charge is -2.16. The minimum Gasteiger partial charge on any atom is -0.434 e. The lowest BCUT2D eigenvalue weighted by Crippen LogP contribution is -2.21. The first-order chi connectivity index (χ1) is 17.0. The number of halogens is 7. The summed E-state index contributed by atoms with van der Waals surface area (Å²) in [4.78, 5) is 12.8. The van der Waals surface area contributed by atoms with Gasteiger partial charge in [0.1, 0.15) is 11.3 Å². The maximum absolute atomic E-state index is 14.4. The predicted octanol–water partition coefficient (Wildman–Crippen LogP) is 5.29. The first-order valence-electron chi connectivity index (χ1n) is 9.75. The van der Waals surface area contributed by atoms with E-state index >= 15 is 0 Å². The molecule has 1 aromatic heterocycles. The normalized spacial score (nSPS) is 12.2. The molecule has 1 amide bonds. The van der Waals surface area contributed by atoms with Crippen LogP contribution in [0.3, 0.4) is 0 Å². The van der Waals surface area contributed by atoms with Crippen molar-refractivity contribution in [1.29, 1.82) is 0 Å². The second kappa shape index (κ2) is 9.84. The van der Waals surface area contributed by atoms with Gasteiger partial charge in [0.2, 0.25) is 0 Å². The topological polar surface area (TPSA) is 107 Å². The molecular formula is C21H14F7N3O5S. The Balaban J connectivity index is 2.04. The number of hydrogen-bond donors (Lipinski definition) is 1. The van der Waals surface area contributed by atoms with Gasteiger partial charge in [-0.05, 0) is 42.8 Å². The minimum absolute atomic E-state index is 0.122. The highest BCUT2D eigenvalue weighted by molar-refractivity contribution is 7.90. The van der Waals surface area contributed by atoms with Gasteiger partial charge in [0.25, 0.3) is 11.8 Å². The van der Waals surface area contributed by atoms with Crippen LogP contribution in [-0.2, 0) is 16.0 Å². The Hall–Kier alpha value is -3.95. The van der Waals surface area contributed by atoms with Crippen LogP contribution in [0.15, 0.2) is 47.4 Å². The number of nitrogens with one attached hydrogen (secondary N) is 1. The van der Waals surface area contributed by atoms with Crippen molar-refractivity contribution in [3.05, 3.63) is 65.1 Å². The van der Waals surface area contributed by atoms with Gasteiger partial charge in [0.15, 0.2) is 27.1 Å². The third kappa shape index (κ3) is 6.84. The lowest BCUT2D eigenvalue weighted by atomic mass is 10.1. The Morgan fingerprint density at radius 3 is 2.24 bits per heavy atom. The molecule has 3 rings (SSSR count). The number of sulfone groups is 1. The second-order valence-corrected chi connectivity index (χ2v) is 9.36. The van der Waals surface area contributed by atoms with Crippen molar-refractivity contribution in [2.75, 3.05) is 11.6 Å². The van der Waals surface area contributed by atoms with Gasteiger partial charge in [-0.25, -0.2) is 12.8 Å². The molecule has 1 N–H and O–H groups in total. The number of aromatic nitrogens is 2. The van der Waals surface area contributed by atoms with Crippen molar-refractivity contribution in [3.8, 4) is 17.4 Å². The van der Waals surface area contributed by atoms with E-state index in [0.29, 0.717) is 18.2 Å². The quantitative estimate of drug-likeness (QED) is 0.414. The number of nitrogens with zero attached hydrogens (tertiary/aromatic N) is 2. The van der Waals surface area contributed by atoms with Crippen LogP contribution < -0.4 is 14.8 Å². The highest BCUT2D eigenvalue weighted by atomic mass is 32.2. The van der Waals surface area contributed by atoms with E-state index in [1.165, 1.54) is 18.2 Å². The molecule has 0 saturated carbocycles. The Bertz CT molecular complexity index is 1460. The fourth-order valence-electron chi connectivity index (χ4n) is 2.97. The molecule has 198 valence electrons. The van der Waals surface area contributed by atoms with Gasteiger partial charge in [-0.2, -0.15) is 13.2 Å². The Labute approximate surface area is 204 Å². The maximum atomic E-state index is 14.4. The molecule has 37 heavy (non-hydrogen) atoms. The summed E-state index contributed by atoms with van der Waals surface area (Å²) in [5.41, 5.74) is -3.30. The molecular weight excluding hydrogens is 539 g/mol. The van der Waals surface area contributed by atoms with E-state index in [4.69, 9.17) is 4.74 Å². The molecule has 0 aliphatic rings. The molecule has 3 aromatic rings. The minimum atomic E-state index is -5.12. The third-order valence-electron chi connectivity index (χ3n) is 4.54.